The summed E-state index contributed by atoms with van der Waals surface area (Å²) in [7, 11) is 0. The van der Waals surface area contributed by atoms with E-state index in [9.17, 15) is 4.79 Å². The van der Waals surface area contributed by atoms with Gasteiger partial charge in [0.2, 0.25) is 11.4 Å². The molecule has 0 spiro atoms. The Labute approximate surface area is 157 Å². The first-order chi connectivity index (χ1) is 12.7. The second-order valence-electron chi connectivity index (χ2n) is 6.10. The van der Waals surface area contributed by atoms with Crippen LogP contribution in [-0.4, -0.2) is 11.4 Å². The van der Waals surface area contributed by atoms with Crippen molar-refractivity contribution >= 4 is 17.4 Å². The summed E-state index contributed by atoms with van der Waals surface area (Å²) in [5.41, 5.74) is 1.16. The molecule has 3 aromatic rings. The molecule has 0 saturated carbocycles. The van der Waals surface area contributed by atoms with Gasteiger partial charge in [-0.2, -0.15) is 0 Å². The van der Waals surface area contributed by atoms with Crippen LogP contribution < -0.4 is 0 Å². The third-order valence-corrected chi connectivity index (χ3v) is 4.58. The highest BCUT2D eigenvalue weighted by molar-refractivity contribution is 6.30. The lowest BCUT2D eigenvalue weighted by molar-refractivity contribution is 0.0916. The monoisotopic (exact) mass is 358 g/mol. The molecule has 0 aliphatic carbocycles. The molecule has 4 rings (SSSR count). The highest BCUT2D eigenvalue weighted by atomic mass is 35.5. The molecule has 1 heterocycles. The van der Waals surface area contributed by atoms with E-state index in [2.05, 4.69) is 11.8 Å². The molecule has 1 aliphatic heterocycles. The van der Waals surface area contributed by atoms with Gasteiger partial charge in [-0.15, -0.1) is 0 Å². The molecule has 126 valence electrons. The third-order valence-electron chi connectivity index (χ3n) is 4.33. The first-order valence-electron chi connectivity index (χ1n) is 8.30. The van der Waals surface area contributed by atoms with E-state index >= 15 is 0 Å². The zero-order valence-electron chi connectivity index (χ0n) is 13.9. The predicted octanol–water partition coefficient (Wildman–Crippen LogP) is 5.08. The van der Waals surface area contributed by atoms with Gasteiger partial charge in [0.1, 0.15) is 6.10 Å². The molecular weight excluding hydrogens is 344 g/mol. The highest BCUT2D eigenvalue weighted by Crippen LogP contribution is 2.51. The van der Waals surface area contributed by atoms with Crippen molar-refractivity contribution < 1.29 is 9.53 Å². The van der Waals surface area contributed by atoms with Gasteiger partial charge in [-0.3, -0.25) is 4.79 Å². The Morgan fingerprint density at radius 1 is 0.885 bits per heavy atom. The normalized spacial score (nSPS) is 20.7. The van der Waals surface area contributed by atoms with Crippen molar-refractivity contribution in [1.29, 1.82) is 0 Å². The molecular formula is C23H15ClO2. The smallest absolute Gasteiger partial charge is 0.223 e. The maximum atomic E-state index is 13.2. The fraction of sp³-hybridized carbons (Fsp3) is 0.0870. The van der Waals surface area contributed by atoms with Crippen LogP contribution in [0.3, 0.4) is 0 Å². The second-order valence-corrected chi connectivity index (χ2v) is 6.53. The van der Waals surface area contributed by atoms with Gasteiger partial charge in [0.25, 0.3) is 0 Å². The molecule has 0 unspecified atom stereocenters. The number of rotatable bonds is 3. The first kappa shape index (κ1) is 16.6. The minimum atomic E-state index is -1.16. The predicted molar refractivity (Wildman–Crippen MR) is 102 cm³/mol. The summed E-state index contributed by atoms with van der Waals surface area (Å²) in [6, 6.07) is 26.1. The van der Waals surface area contributed by atoms with Gasteiger partial charge >= 0.3 is 0 Å². The van der Waals surface area contributed by atoms with Gasteiger partial charge in [0, 0.05) is 16.1 Å². The largest absolute Gasteiger partial charge is 0.339 e. The minimum absolute atomic E-state index is 0.147. The summed E-state index contributed by atoms with van der Waals surface area (Å²) in [6.07, 6.45) is -0.372. The molecule has 3 heteroatoms. The molecule has 0 amide bonds. The van der Waals surface area contributed by atoms with Crippen LogP contribution in [0.2, 0.25) is 5.02 Å². The molecule has 2 nitrogen and oxygen atoms in total. The lowest BCUT2D eigenvalue weighted by Gasteiger charge is -2.06. The minimum Gasteiger partial charge on any atom is -0.339 e. The van der Waals surface area contributed by atoms with Crippen molar-refractivity contribution in [1.82, 2.24) is 0 Å². The van der Waals surface area contributed by atoms with E-state index < -0.39 is 5.60 Å². The summed E-state index contributed by atoms with van der Waals surface area (Å²) in [5, 5.41) is 0.585. The lowest BCUT2D eigenvalue weighted by atomic mass is 9.91. The van der Waals surface area contributed by atoms with Crippen LogP contribution in [0.5, 0.6) is 0 Å². The van der Waals surface area contributed by atoms with Gasteiger partial charge in [-0.25, -0.2) is 0 Å². The van der Waals surface area contributed by atoms with Crippen LogP contribution in [-0.2, 0) is 4.74 Å². The standard InChI is InChI=1S/C23H15ClO2/c24-20-13-11-18(12-14-20)21(25)23(16-15-17-7-3-1-4-8-17)22(26-23)19-9-5-2-6-10-19/h1-14,22H/t22-,23-/m0/s1. The maximum absolute atomic E-state index is 13.2. The van der Waals surface area contributed by atoms with E-state index in [1.807, 2.05) is 60.7 Å². The van der Waals surface area contributed by atoms with E-state index in [0.29, 0.717) is 10.6 Å². The van der Waals surface area contributed by atoms with E-state index in [4.69, 9.17) is 16.3 Å². The van der Waals surface area contributed by atoms with Gasteiger partial charge in [0.15, 0.2) is 0 Å². The molecule has 0 radical (unpaired) electrons. The molecule has 2 atom stereocenters. The topological polar surface area (TPSA) is 29.6 Å². The van der Waals surface area contributed by atoms with Gasteiger partial charge in [0.05, 0.1) is 0 Å². The fourth-order valence-electron chi connectivity index (χ4n) is 2.91. The number of ether oxygens (including phenoxy) is 1. The zero-order chi connectivity index (χ0) is 18.0. The number of carbonyl (C=O) groups is 1. The summed E-state index contributed by atoms with van der Waals surface area (Å²) in [5.74, 6) is 6.03. The van der Waals surface area contributed by atoms with Crippen LogP contribution in [0.15, 0.2) is 84.9 Å². The van der Waals surface area contributed by atoms with Crippen LogP contribution in [0, 0.1) is 11.8 Å². The third kappa shape index (κ3) is 3.15. The van der Waals surface area contributed by atoms with Gasteiger partial charge in [-0.1, -0.05) is 72.0 Å². The molecule has 0 N–H and O–H groups in total. The Morgan fingerprint density at radius 3 is 2.15 bits per heavy atom. The van der Waals surface area contributed by atoms with Crippen molar-refractivity contribution in [3.05, 3.63) is 107 Å². The molecule has 26 heavy (non-hydrogen) atoms. The molecule has 1 aliphatic rings. The van der Waals surface area contributed by atoms with Crippen LogP contribution in [0.25, 0.3) is 0 Å². The number of Topliss-reactive ketones (excluding diaryl/α,β-unsaturated/α-hetero) is 1. The summed E-state index contributed by atoms with van der Waals surface area (Å²) in [6.45, 7) is 0. The van der Waals surface area contributed by atoms with E-state index in [-0.39, 0.29) is 11.9 Å². The Morgan fingerprint density at radius 2 is 1.50 bits per heavy atom. The SMILES string of the molecule is O=C(c1ccc(Cl)cc1)[C@]1(C#Cc2ccccc2)O[C@H]1c1ccccc1. The van der Waals surface area contributed by atoms with E-state index in [1.54, 1.807) is 24.3 Å². The van der Waals surface area contributed by atoms with Crippen LogP contribution in [0.4, 0.5) is 0 Å². The number of hydrogen-bond acceptors (Lipinski definition) is 2. The van der Waals surface area contributed by atoms with Crippen molar-refractivity contribution in [3.63, 3.8) is 0 Å². The number of hydrogen-bond donors (Lipinski definition) is 0. The van der Waals surface area contributed by atoms with Gasteiger partial charge < -0.3 is 4.74 Å². The lowest BCUT2D eigenvalue weighted by Crippen LogP contribution is -2.24. The van der Waals surface area contributed by atoms with Gasteiger partial charge in [-0.05, 0) is 42.0 Å². The van der Waals surface area contributed by atoms with Crippen LogP contribution in [0.1, 0.15) is 27.6 Å². The maximum Gasteiger partial charge on any atom is 0.223 e. The van der Waals surface area contributed by atoms with Crippen molar-refractivity contribution in [3.8, 4) is 11.8 Å². The quantitative estimate of drug-likeness (QED) is 0.371. The molecule has 1 saturated heterocycles. The van der Waals surface area contributed by atoms with E-state index in [1.165, 1.54) is 0 Å². The summed E-state index contributed by atoms with van der Waals surface area (Å²) in [4.78, 5) is 13.2. The summed E-state index contributed by atoms with van der Waals surface area (Å²) < 4.78 is 5.90. The summed E-state index contributed by atoms with van der Waals surface area (Å²) >= 11 is 5.94. The molecule has 0 bridgehead atoms. The van der Waals surface area contributed by atoms with Crippen molar-refractivity contribution in [2.75, 3.05) is 0 Å². The number of benzene rings is 3. The number of epoxide rings is 1. The first-order valence-corrected chi connectivity index (χ1v) is 8.68. The molecule has 1 fully saturated rings. The number of halogens is 1. The van der Waals surface area contributed by atoms with Crippen LogP contribution >= 0.6 is 11.6 Å². The Bertz CT molecular complexity index is 985. The Balaban J connectivity index is 1.73. The number of ketones is 1. The second kappa shape index (κ2) is 6.80. The van der Waals surface area contributed by atoms with Crippen molar-refractivity contribution in [2.45, 2.75) is 11.7 Å². The van der Waals surface area contributed by atoms with E-state index in [0.717, 1.165) is 11.1 Å². The Hall–Kier alpha value is -2.86. The Kier molecular flexibility index (Phi) is 4.34. The molecule has 3 aromatic carbocycles. The molecule has 0 aromatic heterocycles. The number of carbonyl (C=O) groups excluding carboxylic acids is 1. The average Bonchev–Trinajstić information content (AvgIpc) is 3.44. The fourth-order valence-corrected chi connectivity index (χ4v) is 3.03. The highest BCUT2D eigenvalue weighted by Gasteiger charge is 2.62. The zero-order valence-corrected chi connectivity index (χ0v) is 14.6. The average molecular weight is 359 g/mol. The van der Waals surface area contributed by atoms with Crippen molar-refractivity contribution in [2.24, 2.45) is 0 Å².